The van der Waals surface area contributed by atoms with Crippen LogP contribution in [0.4, 0.5) is 0 Å². The number of sulfonamides is 1. The molecule has 34 heavy (non-hydrogen) atoms. The van der Waals surface area contributed by atoms with Crippen LogP contribution in [0.5, 0.6) is 0 Å². The summed E-state index contributed by atoms with van der Waals surface area (Å²) in [4.78, 5) is 0. The van der Waals surface area contributed by atoms with Crippen molar-refractivity contribution in [1.29, 1.82) is 0 Å². The van der Waals surface area contributed by atoms with Gasteiger partial charge in [-0.25, -0.2) is 8.42 Å². The Balaban J connectivity index is 1.73. The molecule has 3 rings (SSSR count). The molecule has 6 nitrogen and oxygen atoms in total. The fourth-order valence-electron chi connectivity index (χ4n) is 3.63. The maximum atomic E-state index is 13.4. The molecule has 2 atom stereocenters. The third-order valence-corrected chi connectivity index (χ3v) is 12.9. The zero-order valence-electron chi connectivity index (χ0n) is 21.1. The Morgan fingerprint density at radius 3 is 2.15 bits per heavy atom. The molecule has 0 saturated carbocycles. The Morgan fingerprint density at radius 2 is 1.56 bits per heavy atom. The number of benzene rings is 2. The normalized spacial score (nSPS) is 20.7. The van der Waals surface area contributed by atoms with Crippen LogP contribution in [0.1, 0.15) is 31.9 Å². The van der Waals surface area contributed by atoms with E-state index in [0.717, 1.165) is 11.1 Å². The van der Waals surface area contributed by atoms with Gasteiger partial charge >= 0.3 is 0 Å². The van der Waals surface area contributed by atoms with Gasteiger partial charge in [-0.2, -0.15) is 4.31 Å². The molecule has 2 aromatic carbocycles. The molecule has 0 amide bonds. The Morgan fingerprint density at radius 1 is 0.971 bits per heavy atom. The van der Waals surface area contributed by atoms with Gasteiger partial charge in [-0.15, -0.1) is 0 Å². The smallest absolute Gasteiger partial charge is 0.218 e. The molecule has 1 fully saturated rings. The predicted octanol–water partition coefficient (Wildman–Crippen LogP) is 4.82. The zero-order chi connectivity index (χ0) is 24.8. The SMILES string of the molecule is CC(C)(C)[Si](C)(C)O[C@H]1CO[C@H](COCc2ccccc2)CN(S(=O)(=O)Cc2ccccc2)C1. The second kappa shape index (κ2) is 11.5. The molecule has 0 radical (unpaired) electrons. The van der Waals surface area contributed by atoms with Gasteiger partial charge in [0.15, 0.2) is 8.32 Å². The molecule has 1 aliphatic heterocycles. The Labute approximate surface area is 206 Å². The molecule has 1 heterocycles. The highest BCUT2D eigenvalue weighted by Gasteiger charge is 2.41. The fraction of sp³-hybridized carbons (Fsp3) is 0.538. The van der Waals surface area contributed by atoms with Crippen LogP contribution in [0, 0.1) is 0 Å². The van der Waals surface area contributed by atoms with Gasteiger partial charge in [0.2, 0.25) is 10.0 Å². The van der Waals surface area contributed by atoms with Crippen molar-refractivity contribution in [2.24, 2.45) is 0 Å². The molecule has 2 aromatic rings. The molecule has 8 heteroatoms. The summed E-state index contributed by atoms with van der Waals surface area (Å²) in [5, 5.41) is 0.0191. The van der Waals surface area contributed by atoms with Gasteiger partial charge < -0.3 is 13.9 Å². The van der Waals surface area contributed by atoms with Crippen molar-refractivity contribution in [2.45, 2.75) is 63.5 Å². The molecular weight excluding hydrogens is 466 g/mol. The molecule has 0 spiro atoms. The van der Waals surface area contributed by atoms with Crippen LogP contribution >= 0.6 is 0 Å². The van der Waals surface area contributed by atoms with Gasteiger partial charge in [-0.3, -0.25) is 0 Å². The minimum absolute atomic E-state index is 0.0191. The van der Waals surface area contributed by atoms with Crippen molar-refractivity contribution >= 4 is 18.3 Å². The summed E-state index contributed by atoms with van der Waals surface area (Å²) in [6.07, 6.45) is -0.673. The quantitative estimate of drug-likeness (QED) is 0.457. The molecule has 0 aromatic heterocycles. The van der Waals surface area contributed by atoms with Crippen LogP contribution in [0.2, 0.25) is 18.1 Å². The summed E-state index contributed by atoms with van der Waals surface area (Å²) in [6.45, 7) is 12.6. The van der Waals surface area contributed by atoms with E-state index in [1.165, 1.54) is 0 Å². The second-order valence-electron chi connectivity index (χ2n) is 10.5. The van der Waals surface area contributed by atoms with Crippen LogP contribution in [0.25, 0.3) is 0 Å². The Bertz CT molecular complexity index is 993. The molecular formula is C26H39NO5SSi. The third kappa shape index (κ3) is 7.73. The van der Waals surface area contributed by atoms with Crippen LogP contribution in [-0.2, 0) is 36.3 Å². The average Bonchev–Trinajstić information content (AvgIpc) is 2.97. The van der Waals surface area contributed by atoms with Crippen LogP contribution in [-0.4, -0.2) is 59.6 Å². The number of hydrogen-bond donors (Lipinski definition) is 0. The summed E-state index contributed by atoms with van der Waals surface area (Å²) in [6, 6.07) is 19.2. The van der Waals surface area contributed by atoms with Gasteiger partial charge in [-0.1, -0.05) is 81.4 Å². The standard InChI is InChI=1S/C26H39NO5SSi/c1-26(2,3)34(4,5)32-25-17-27(33(28,29)21-23-14-10-7-11-15-23)16-24(31-20-25)19-30-18-22-12-8-6-9-13-22/h6-15,24-25H,16-21H2,1-5H3/t24-,25+/m0/s1. The maximum Gasteiger partial charge on any atom is 0.218 e. The lowest BCUT2D eigenvalue weighted by Crippen LogP contribution is -2.48. The lowest BCUT2D eigenvalue weighted by atomic mass is 10.2. The first kappa shape index (κ1) is 27.0. The van der Waals surface area contributed by atoms with E-state index < -0.39 is 18.3 Å². The van der Waals surface area contributed by atoms with Crippen molar-refractivity contribution in [1.82, 2.24) is 4.31 Å². The molecule has 188 valence electrons. The number of nitrogens with zero attached hydrogens (tertiary/aromatic N) is 1. The van der Waals surface area contributed by atoms with E-state index in [9.17, 15) is 8.42 Å². The largest absolute Gasteiger partial charge is 0.410 e. The van der Waals surface area contributed by atoms with Gasteiger partial charge in [0.1, 0.15) is 0 Å². The first-order valence-electron chi connectivity index (χ1n) is 11.9. The fourth-order valence-corrected chi connectivity index (χ4v) is 6.54. The predicted molar refractivity (Wildman–Crippen MR) is 139 cm³/mol. The van der Waals surface area contributed by atoms with Gasteiger partial charge in [0.05, 0.1) is 37.8 Å². The van der Waals surface area contributed by atoms with Crippen molar-refractivity contribution in [3.05, 3.63) is 71.8 Å². The highest BCUT2D eigenvalue weighted by Crippen LogP contribution is 2.37. The van der Waals surface area contributed by atoms with Crippen LogP contribution < -0.4 is 0 Å². The van der Waals surface area contributed by atoms with E-state index in [0.29, 0.717) is 19.8 Å². The lowest BCUT2D eigenvalue weighted by molar-refractivity contribution is -0.0340. The van der Waals surface area contributed by atoms with E-state index in [4.69, 9.17) is 13.9 Å². The van der Waals surface area contributed by atoms with Crippen molar-refractivity contribution in [3.63, 3.8) is 0 Å². The average molecular weight is 506 g/mol. The minimum Gasteiger partial charge on any atom is -0.410 e. The topological polar surface area (TPSA) is 65.1 Å². The van der Waals surface area contributed by atoms with E-state index in [1.54, 1.807) is 4.31 Å². The minimum atomic E-state index is -3.56. The molecule has 1 saturated heterocycles. The lowest BCUT2D eigenvalue weighted by Gasteiger charge is -2.39. The first-order chi connectivity index (χ1) is 16.0. The van der Waals surface area contributed by atoms with Gasteiger partial charge in [0, 0.05) is 13.1 Å². The van der Waals surface area contributed by atoms with E-state index >= 15 is 0 Å². The number of hydrogen-bond acceptors (Lipinski definition) is 5. The molecule has 0 unspecified atom stereocenters. The summed E-state index contributed by atoms with van der Waals surface area (Å²) in [5.74, 6) is -0.0434. The molecule has 0 N–H and O–H groups in total. The van der Waals surface area contributed by atoms with Crippen LogP contribution in [0.15, 0.2) is 60.7 Å². The van der Waals surface area contributed by atoms with Crippen LogP contribution in [0.3, 0.4) is 0 Å². The molecule has 0 aliphatic carbocycles. The van der Waals surface area contributed by atoms with Gasteiger partial charge in [-0.05, 0) is 29.3 Å². The summed E-state index contributed by atoms with van der Waals surface area (Å²) < 4.78 is 47.1. The highest BCUT2D eigenvalue weighted by molar-refractivity contribution is 7.88. The zero-order valence-corrected chi connectivity index (χ0v) is 22.9. The van der Waals surface area contributed by atoms with E-state index in [1.807, 2.05) is 60.7 Å². The van der Waals surface area contributed by atoms with E-state index in [-0.39, 0.29) is 36.1 Å². The van der Waals surface area contributed by atoms with Crippen molar-refractivity contribution in [3.8, 4) is 0 Å². The first-order valence-corrected chi connectivity index (χ1v) is 16.4. The number of ether oxygens (including phenoxy) is 2. The molecule has 0 bridgehead atoms. The Kier molecular flexibility index (Phi) is 9.11. The summed E-state index contributed by atoms with van der Waals surface area (Å²) in [7, 11) is -5.66. The second-order valence-corrected chi connectivity index (χ2v) is 17.2. The highest BCUT2D eigenvalue weighted by atomic mass is 32.2. The van der Waals surface area contributed by atoms with Crippen molar-refractivity contribution in [2.75, 3.05) is 26.3 Å². The summed E-state index contributed by atoms with van der Waals surface area (Å²) in [5.41, 5.74) is 1.84. The third-order valence-electron chi connectivity index (χ3n) is 6.60. The summed E-state index contributed by atoms with van der Waals surface area (Å²) >= 11 is 0. The maximum absolute atomic E-state index is 13.4. The van der Waals surface area contributed by atoms with Crippen molar-refractivity contribution < 1.29 is 22.3 Å². The number of rotatable bonds is 9. The Hall–Kier alpha value is -1.55. The monoisotopic (exact) mass is 505 g/mol. The van der Waals surface area contributed by atoms with Gasteiger partial charge in [0.25, 0.3) is 0 Å². The van der Waals surface area contributed by atoms with E-state index in [2.05, 4.69) is 33.9 Å². The molecule has 1 aliphatic rings.